The Bertz CT molecular complexity index is 165. The standard InChI is InChI=1S/C10H19NO3/c1-13-10(12)8-14-7-9-5-3-2-4-6-11-9/h9,11H,2-8H2,1H3. The maximum absolute atomic E-state index is 10.8. The molecule has 1 aliphatic heterocycles. The first kappa shape index (κ1) is 11.5. The summed E-state index contributed by atoms with van der Waals surface area (Å²) in [4.78, 5) is 10.8. The molecule has 0 bridgehead atoms. The Morgan fingerprint density at radius 2 is 2.29 bits per heavy atom. The fourth-order valence-corrected chi connectivity index (χ4v) is 1.59. The van der Waals surface area contributed by atoms with Crippen molar-refractivity contribution in [3.05, 3.63) is 0 Å². The number of methoxy groups -OCH3 is 1. The van der Waals surface area contributed by atoms with Gasteiger partial charge in [0.25, 0.3) is 0 Å². The molecule has 0 amide bonds. The molecule has 0 aromatic carbocycles. The highest BCUT2D eigenvalue weighted by Gasteiger charge is 2.11. The number of carbonyl (C=O) groups excluding carboxylic acids is 1. The molecule has 1 atom stereocenters. The second kappa shape index (κ2) is 6.79. The van der Waals surface area contributed by atoms with Gasteiger partial charge in [-0.3, -0.25) is 0 Å². The second-order valence-corrected chi connectivity index (χ2v) is 3.59. The molecule has 14 heavy (non-hydrogen) atoms. The van der Waals surface area contributed by atoms with E-state index in [9.17, 15) is 4.79 Å². The zero-order valence-corrected chi connectivity index (χ0v) is 8.75. The molecule has 1 aliphatic rings. The number of esters is 1. The summed E-state index contributed by atoms with van der Waals surface area (Å²) >= 11 is 0. The van der Waals surface area contributed by atoms with Crippen LogP contribution in [0, 0.1) is 0 Å². The molecule has 4 nitrogen and oxygen atoms in total. The lowest BCUT2D eigenvalue weighted by Crippen LogP contribution is -2.33. The maximum Gasteiger partial charge on any atom is 0.331 e. The first-order valence-electron chi connectivity index (χ1n) is 5.21. The van der Waals surface area contributed by atoms with Crippen LogP contribution in [0.2, 0.25) is 0 Å². The van der Waals surface area contributed by atoms with Gasteiger partial charge in [0.1, 0.15) is 6.61 Å². The number of carbonyl (C=O) groups is 1. The van der Waals surface area contributed by atoms with Crippen molar-refractivity contribution >= 4 is 5.97 Å². The lowest BCUT2D eigenvalue weighted by molar-refractivity contribution is -0.146. The third-order valence-electron chi connectivity index (χ3n) is 2.43. The van der Waals surface area contributed by atoms with Gasteiger partial charge in [0.15, 0.2) is 0 Å². The Labute approximate surface area is 85.0 Å². The minimum atomic E-state index is -0.307. The number of ether oxygens (including phenoxy) is 2. The van der Waals surface area contributed by atoms with E-state index in [1.807, 2.05) is 0 Å². The summed E-state index contributed by atoms with van der Waals surface area (Å²) in [5, 5.41) is 3.40. The van der Waals surface area contributed by atoms with Crippen LogP contribution in [0.5, 0.6) is 0 Å². The van der Waals surface area contributed by atoms with Crippen LogP contribution in [-0.2, 0) is 14.3 Å². The summed E-state index contributed by atoms with van der Waals surface area (Å²) in [5.41, 5.74) is 0. The van der Waals surface area contributed by atoms with Crippen molar-refractivity contribution in [1.29, 1.82) is 0 Å². The quantitative estimate of drug-likeness (QED) is 0.680. The van der Waals surface area contributed by atoms with Crippen molar-refractivity contribution in [2.75, 3.05) is 26.9 Å². The first-order valence-corrected chi connectivity index (χ1v) is 5.21. The summed E-state index contributed by atoms with van der Waals surface area (Å²) in [6, 6.07) is 0.405. The van der Waals surface area contributed by atoms with Crippen molar-refractivity contribution < 1.29 is 14.3 Å². The van der Waals surface area contributed by atoms with Gasteiger partial charge in [0.05, 0.1) is 13.7 Å². The van der Waals surface area contributed by atoms with E-state index in [1.165, 1.54) is 26.4 Å². The third-order valence-corrected chi connectivity index (χ3v) is 2.43. The van der Waals surface area contributed by atoms with Crippen molar-refractivity contribution in [2.24, 2.45) is 0 Å². The zero-order chi connectivity index (χ0) is 10.2. The molecule has 1 N–H and O–H groups in total. The van der Waals surface area contributed by atoms with E-state index in [0.29, 0.717) is 12.6 Å². The summed E-state index contributed by atoms with van der Waals surface area (Å²) in [6.07, 6.45) is 4.93. The average molecular weight is 201 g/mol. The molecule has 82 valence electrons. The van der Waals surface area contributed by atoms with Crippen LogP contribution >= 0.6 is 0 Å². The van der Waals surface area contributed by atoms with Gasteiger partial charge in [0.2, 0.25) is 0 Å². The van der Waals surface area contributed by atoms with Crippen LogP contribution in [0.15, 0.2) is 0 Å². The summed E-state index contributed by atoms with van der Waals surface area (Å²) < 4.78 is 9.72. The molecule has 0 spiro atoms. The molecular weight excluding hydrogens is 182 g/mol. The van der Waals surface area contributed by atoms with Crippen LogP contribution in [0.3, 0.4) is 0 Å². The Morgan fingerprint density at radius 3 is 3.07 bits per heavy atom. The fraction of sp³-hybridized carbons (Fsp3) is 0.900. The molecule has 1 rings (SSSR count). The molecule has 1 fully saturated rings. The molecule has 1 saturated heterocycles. The number of hydrogen-bond acceptors (Lipinski definition) is 4. The highest BCUT2D eigenvalue weighted by molar-refractivity contribution is 5.70. The van der Waals surface area contributed by atoms with E-state index in [1.54, 1.807) is 0 Å². The van der Waals surface area contributed by atoms with Gasteiger partial charge in [-0.05, 0) is 19.4 Å². The highest BCUT2D eigenvalue weighted by atomic mass is 16.6. The second-order valence-electron chi connectivity index (χ2n) is 3.59. The largest absolute Gasteiger partial charge is 0.467 e. The predicted octanol–water partition coefficient (Wildman–Crippen LogP) is 0.708. The zero-order valence-electron chi connectivity index (χ0n) is 8.75. The Kier molecular flexibility index (Phi) is 5.56. The Balaban J connectivity index is 2.07. The molecule has 0 aliphatic carbocycles. The van der Waals surface area contributed by atoms with E-state index in [-0.39, 0.29) is 12.6 Å². The number of rotatable bonds is 4. The fourth-order valence-electron chi connectivity index (χ4n) is 1.59. The number of nitrogens with one attached hydrogen (secondary N) is 1. The van der Waals surface area contributed by atoms with Crippen LogP contribution in [0.25, 0.3) is 0 Å². The number of hydrogen-bond donors (Lipinski definition) is 1. The topological polar surface area (TPSA) is 47.6 Å². The van der Waals surface area contributed by atoms with Gasteiger partial charge >= 0.3 is 5.97 Å². The van der Waals surface area contributed by atoms with Crippen molar-refractivity contribution in [1.82, 2.24) is 5.32 Å². The summed E-state index contributed by atoms with van der Waals surface area (Å²) in [5.74, 6) is -0.307. The van der Waals surface area contributed by atoms with E-state index in [0.717, 1.165) is 13.0 Å². The van der Waals surface area contributed by atoms with Crippen molar-refractivity contribution in [3.63, 3.8) is 0 Å². The predicted molar refractivity (Wildman–Crippen MR) is 53.1 cm³/mol. The van der Waals surface area contributed by atoms with Crippen LogP contribution in [0.4, 0.5) is 0 Å². The summed E-state index contributed by atoms with van der Waals surface area (Å²) in [6.45, 7) is 1.73. The Hall–Kier alpha value is -0.610. The molecule has 1 heterocycles. The molecule has 0 saturated carbocycles. The van der Waals surface area contributed by atoms with Crippen molar-refractivity contribution in [3.8, 4) is 0 Å². The van der Waals surface area contributed by atoms with Gasteiger partial charge in [-0.1, -0.05) is 12.8 Å². The molecule has 0 aromatic rings. The van der Waals surface area contributed by atoms with Crippen LogP contribution in [-0.4, -0.2) is 38.9 Å². The minimum Gasteiger partial charge on any atom is -0.467 e. The smallest absolute Gasteiger partial charge is 0.331 e. The average Bonchev–Trinajstić information content (AvgIpc) is 2.46. The van der Waals surface area contributed by atoms with Crippen LogP contribution in [0.1, 0.15) is 25.7 Å². The lowest BCUT2D eigenvalue weighted by atomic mass is 10.1. The van der Waals surface area contributed by atoms with Gasteiger partial charge in [-0.25, -0.2) is 4.79 Å². The van der Waals surface area contributed by atoms with Crippen molar-refractivity contribution in [2.45, 2.75) is 31.7 Å². The molecule has 0 aromatic heterocycles. The normalized spacial score (nSPS) is 22.8. The third kappa shape index (κ3) is 4.58. The molecular formula is C10H19NO3. The van der Waals surface area contributed by atoms with Gasteiger partial charge in [0, 0.05) is 6.04 Å². The maximum atomic E-state index is 10.8. The molecule has 0 radical (unpaired) electrons. The van der Waals surface area contributed by atoms with E-state index in [2.05, 4.69) is 10.1 Å². The van der Waals surface area contributed by atoms with Gasteiger partial charge in [-0.15, -0.1) is 0 Å². The molecule has 4 heteroatoms. The van der Waals surface area contributed by atoms with Gasteiger partial charge < -0.3 is 14.8 Å². The van der Waals surface area contributed by atoms with E-state index < -0.39 is 0 Å². The van der Waals surface area contributed by atoms with Gasteiger partial charge in [-0.2, -0.15) is 0 Å². The lowest BCUT2D eigenvalue weighted by Gasteiger charge is -2.15. The SMILES string of the molecule is COC(=O)COCC1CCCCCN1. The monoisotopic (exact) mass is 201 g/mol. The summed E-state index contributed by atoms with van der Waals surface area (Å²) in [7, 11) is 1.37. The van der Waals surface area contributed by atoms with Crippen LogP contribution < -0.4 is 5.32 Å². The van der Waals surface area contributed by atoms with E-state index >= 15 is 0 Å². The first-order chi connectivity index (χ1) is 6.83. The molecule has 1 unspecified atom stereocenters. The minimum absolute atomic E-state index is 0.0642. The Morgan fingerprint density at radius 1 is 1.43 bits per heavy atom. The van der Waals surface area contributed by atoms with E-state index in [4.69, 9.17) is 4.74 Å². The highest BCUT2D eigenvalue weighted by Crippen LogP contribution is 2.08.